The van der Waals surface area contributed by atoms with Gasteiger partial charge in [0.2, 0.25) is 0 Å². The van der Waals surface area contributed by atoms with Crippen LogP contribution < -0.4 is 10.1 Å². The van der Waals surface area contributed by atoms with Crippen LogP contribution in [0.5, 0.6) is 5.75 Å². The summed E-state index contributed by atoms with van der Waals surface area (Å²) in [6.07, 6.45) is -4.58. The lowest BCUT2D eigenvalue weighted by Crippen LogP contribution is -2.29. The first kappa shape index (κ1) is 20.3. The van der Waals surface area contributed by atoms with Crippen LogP contribution in [0.3, 0.4) is 0 Å². The van der Waals surface area contributed by atoms with E-state index in [-0.39, 0.29) is 17.4 Å². The third-order valence-corrected chi connectivity index (χ3v) is 3.08. The molecule has 0 saturated heterocycles. The van der Waals surface area contributed by atoms with Crippen molar-refractivity contribution in [3.05, 3.63) is 23.8 Å². The lowest BCUT2D eigenvalue weighted by molar-refractivity contribution is -0.137. The summed E-state index contributed by atoms with van der Waals surface area (Å²) in [7, 11) is 0. The Morgan fingerprint density at radius 2 is 1.92 bits per heavy atom. The molecule has 0 heterocycles. The molecule has 24 heavy (non-hydrogen) atoms. The lowest BCUT2D eigenvalue weighted by Gasteiger charge is -2.18. The molecule has 0 spiro atoms. The van der Waals surface area contributed by atoms with E-state index in [2.05, 4.69) is 5.32 Å². The van der Waals surface area contributed by atoms with E-state index in [1.54, 1.807) is 6.92 Å². The Morgan fingerprint density at radius 3 is 2.46 bits per heavy atom. The maximum absolute atomic E-state index is 12.9. The molecule has 0 aliphatic rings. The molecule has 1 aromatic rings. The summed E-state index contributed by atoms with van der Waals surface area (Å²) in [4.78, 5) is 12.1. The minimum atomic E-state index is -4.50. The molecule has 1 aromatic carbocycles. The standard InChI is InChI=1S/C17H24F3NO3/c1-5-8-23-15-7-6-13(17(18,19)20)9-14(15)21-16(22)12(4)24-10-11(2)3/h6-7,9,11-12H,5,8,10H2,1-4H3,(H,21,22). The highest BCUT2D eigenvalue weighted by atomic mass is 19.4. The second-order valence-corrected chi connectivity index (χ2v) is 5.92. The molecule has 1 N–H and O–H groups in total. The van der Waals surface area contributed by atoms with Crippen LogP contribution in [0.4, 0.5) is 18.9 Å². The first-order valence-corrected chi connectivity index (χ1v) is 7.91. The summed E-state index contributed by atoms with van der Waals surface area (Å²) < 4.78 is 49.4. The van der Waals surface area contributed by atoms with E-state index in [1.165, 1.54) is 6.07 Å². The number of carbonyl (C=O) groups is 1. The minimum Gasteiger partial charge on any atom is -0.491 e. The number of anilines is 1. The maximum Gasteiger partial charge on any atom is 0.416 e. The molecule has 0 aliphatic carbocycles. The molecule has 0 aliphatic heterocycles. The van der Waals surface area contributed by atoms with Crippen molar-refractivity contribution in [2.24, 2.45) is 5.92 Å². The summed E-state index contributed by atoms with van der Waals surface area (Å²) in [5.41, 5.74) is -0.860. The molecule has 1 atom stereocenters. The fraction of sp³-hybridized carbons (Fsp3) is 0.588. The molecular formula is C17H24F3NO3. The molecule has 1 rings (SSSR count). The molecule has 4 nitrogen and oxygen atoms in total. The van der Waals surface area contributed by atoms with Crippen LogP contribution in [0.15, 0.2) is 18.2 Å². The molecule has 1 unspecified atom stereocenters. The van der Waals surface area contributed by atoms with Gasteiger partial charge < -0.3 is 14.8 Å². The fourth-order valence-corrected chi connectivity index (χ4v) is 1.79. The van der Waals surface area contributed by atoms with E-state index in [4.69, 9.17) is 9.47 Å². The van der Waals surface area contributed by atoms with Gasteiger partial charge in [0.05, 0.1) is 17.9 Å². The molecule has 0 aromatic heterocycles. The van der Waals surface area contributed by atoms with Crippen molar-refractivity contribution < 1.29 is 27.4 Å². The van der Waals surface area contributed by atoms with Crippen LogP contribution in [0.2, 0.25) is 0 Å². The number of nitrogens with one attached hydrogen (secondary N) is 1. The Labute approximate surface area is 140 Å². The predicted molar refractivity (Wildman–Crippen MR) is 86.1 cm³/mol. The van der Waals surface area contributed by atoms with Crippen molar-refractivity contribution in [2.75, 3.05) is 18.5 Å². The van der Waals surface area contributed by atoms with Crippen LogP contribution in [0.1, 0.15) is 39.7 Å². The Balaban J connectivity index is 2.94. The predicted octanol–water partition coefficient (Wildman–Crippen LogP) is 4.49. The van der Waals surface area contributed by atoms with E-state index in [0.717, 1.165) is 12.1 Å². The first-order valence-electron chi connectivity index (χ1n) is 7.91. The highest BCUT2D eigenvalue weighted by molar-refractivity contribution is 5.95. The summed E-state index contributed by atoms with van der Waals surface area (Å²) in [5.74, 6) is -0.0668. The highest BCUT2D eigenvalue weighted by Crippen LogP contribution is 2.35. The quantitative estimate of drug-likeness (QED) is 0.753. The van der Waals surface area contributed by atoms with Gasteiger partial charge in [0.25, 0.3) is 5.91 Å². The Hall–Kier alpha value is -1.76. The van der Waals surface area contributed by atoms with Crippen molar-refractivity contribution in [1.29, 1.82) is 0 Å². The Morgan fingerprint density at radius 1 is 1.25 bits per heavy atom. The minimum absolute atomic E-state index is 0.0109. The van der Waals surface area contributed by atoms with Gasteiger partial charge in [0.15, 0.2) is 0 Å². The molecule has 136 valence electrons. The van der Waals surface area contributed by atoms with Crippen molar-refractivity contribution in [1.82, 2.24) is 0 Å². The van der Waals surface area contributed by atoms with Crippen LogP contribution in [0.25, 0.3) is 0 Å². The number of hydrogen-bond acceptors (Lipinski definition) is 3. The van der Waals surface area contributed by atoms with E-state index < -0.39 is 23.8 Å². The van der Waals surface area contributed by atoms with Gasteiger partial charge in [-0.15, -0.1) is 0 Å². The SMILES string of the molecule is CCCOc1ccc(C(F)(F)F)cc1NC(=O)C(C)OCC(C)C. The largest absolute Gasteiger partial charge is 0.491 e. The zero-order valence-electron chi connectivity index (χ0n) is 14.4. The zero-order valence-corrected chi connectivity index (χ0v) is 14.4. The number of benzene rings is 1. The molecule has 0 fully saturated rings. The Bertz CT molecular complexity index is 544. The second-order valence-electron chi connectivity index (χ2n) is 5.92. The molecule has 0 bridgehead atoms. The van der Waals surface area contributed by atoms with Crippen molar-refractivity contribution >= 4 is 11.6 Å². The maximum atomic E-state index is 12.9. The number of rotatable bonds is 8. The zero-order chi connectivity index (χ0) is 18.3. The van der Waals surface area contributed by atoms with E-state index in [0.29, 0.717) is 19.6 Å². The van der Waals surface area contributed by atoms with Crippen LogP contribution in [0, 0.1) is 5.92 Å². The topological polar surface area (TPSA) is 47.6 Å². The van der Waals surface area contributed by atoms with E-state index in [1.807, 2.05) is 20.8 Å². The number of amides is 1. The highest BCUT2D eigenvalue weighted by Gasteiger charge is 2.31. The van der Waals surface area contributed by atoms with Crippen LogP contribution in [-0.4, -0.2) is 25.2 Å². The average molecular weight is 347 g/mol. The van der Waals surface area contributed by atoms with Gasteiger partial charge in [-0.05, 0) is 37.5 Å². The molecule has 0 radical (unpaired) electrons. The molecule has 1 amide bonds. The van der Waals surface area contributed by atoms with Crippen molar-refractivity contribution in [3.8, 4) is 5.75 Å². The van der Waals surface area contributed by atoms with Gasteiger partial charge in [-0.25, -0.2) is 0 Å². The lowest BCUT2D eigenvalue weighted by atomic mass is 10.1. The van der Waals surface area contributed by atoms with Gasteiger partial charge in [0.1, 0.15) is 11.9 Å². The number of alkyl halides is 3. The van der Waals surface area contributed by atoms with Gasteiger partial charge in [-0.2, -0.15) is 13.2 Å². The summed E-state index contributed by atoms with van der Waals surface area (Å²) >= 11 is 0. The van der Waals surface area contributed by atoms with Crippen LogP contribution >= 0.6 is 0 Å². The summed E-state index contributed by atoms with van der Waals surface area (Å²) in [6.45, 7) is 8.04. The first-order chi connectivity index (χ1) is 11.1. The van der Waals surface area contributed by atoms with E-state index in [9.17, 15) is 18.0 Å². The van der Waals surface area contributed by atoms with Crippen molar-refractivity contribution in [3.63, 3.8) is 0 Å². The Kier molecular flexibility index (Phi) is 7.54. The molecular weight excluding hydrogens is 323 g/mol. The smallest absolute Gasteiger partial charge is 0.416 e. The monoisotopic (exact) mass is 347 g/mol. The number of hydrogen-bond donors (Lipinski definition) is 1. The molecule has 7 heteroatoms. The van der Waals surface area contributed by atoms with Crippen molar-refractivity contribution in [2.45, 2.75) is 46.4 Å². The fourth-order valence-electron chi connectivity index (χ4n) is 1.79. The van der Waals surface area contributed by atoms with Gasteiger partial charge in [0, 0.05) is 6.61 Å². The third-order valence-electron chi connectivity index (χ3n) is 3.08. The normalized spacial score (nSPS) is 13.0. The van der Waals surface area contributed by atoms with Gasteiger partial charge in [-0.1, -0.05) is 20.8 Å². The third kappa shape index (κ3) is 6.39. The van der Waals surface area contributed by atoms with E-state index >= 15 is 0 Å². The number of carbonyl (C=O) groups excluding carboxylic acids is 1. The number of halogens is 3. The number of ether oxygens (including phenoxy) is 2. The molecule has 0 saturated carbocycles. The summed E-state index contributed by atoms with van der Waals surface area (Å²) in [6, 6.07) is 3.02. The van der Waals surface area contributed by atoms with Gasteiger partial charge in [-0.3, -0.25) is 4.79 Å². The summed E-state index contributed by atoms with van der Waals surface area (Å²) in [5, 5.41) is 2.47. The van der Waals surface area contributed by atoms with Gasteiger partial charge >= 0.3 is 6.18 Å². The van der Waals surface area contributed by atoms with Crippen LogP contribution in [-0.2, 0) is 15.7 Å². The second kappa shape index (κ2) is 8.92. The average Bonchev–Trinajstić information content (AvgIpc) is 2.50.